The molecule has 0 atom stereocenters. The van der Waals surface area contributed by atoms with Gasteiger partial charge in [0, 0.05) is 22.9 Å². The number of nitrogens with one attached hydrogen (secondary N) is 1. The smallest absolute Gasteiger partial charge is 0.335 e. The number of fused-ring (bicyclic) bond motifs is 2. The zero-order chi connectivity index (χ0) is 20.5. The summed E-state index contributed by atoms with van der Waals surface area (Å²) in [7, 11) is 0. The second-order valence-corrected chi connectivity index (χ2v) is 6.68. The molecule has 0 spiro atoms. The summed E-state index contributed by atoms with van der Waals surface area (Å²) in [4.78, 5) is 38.2. The molecule has 5 heteroatoms. The van der Waals surface area contributed by atoms with Gasteiger partial charge in [-0.15, -0.1) is 0 Å². The molecule has 0 amide bonds. The SMILES string of the molecule is C=CC(=O)Oc1ccc(Nc2ccc(C)cc2)c2c1C(=O)c1ccccc1C2=O. The average Bonchev–Trinajstić information content (AvgIpc) is 2.74. The number of aryl methyl sites for hydroxylation is 1. The highest BCUT2D eigenvalue weighted by Crippen LogP contribution is 2.38. The minimum absolute atomic E-state index is 0.0345. The summed E-state index contributed by atoms with van der Waals surface area (Å²) in [5.74, 6) is -1.34. The number of benzene rings is 3. The molecule has 0 saturated carbocycles. The molecule has 29 heavy (non-hydrogen) atoms. The largest absolute Gasteiger partial charge is 0.423 e. The van der Waals surface area contributed by atoms with E-state index in [4.69, 9.17) is 4.74 Å². The van der Waals surface area contributed by atoms with E-state index in [1.165, 1.54) is 6.07 Å². The molecule has 0 fully saturated rings. The first-order valence-electron chi connectivity index (χ1n) is 9.03. The minimum atomic E-state index is -0.703. The maximum absolute atomic E-state index is 13.3. The number of carbonyl (C=O) groups excluding carboxylic acids is 3. The fourth-order valence-electron chi connectivity index (χ4n) is 3.32. The number of rotatable bonds is 4. The molecule has 0 heterocycles. The molecule has 0 bridgehead atoms. The number of ether oxygens (including phenoxy) is 1. The van der Waals surface area contributed by atoms with Crippen molar-refractivity contribution in [1.82, 2.24) is 0 Å². The van der Waals surface area contributed by atoms with Gasteiger partial charge in [-0.1, -0.05) is 48.5 Å². The Labute approximate surface area is 167 Å². The molecule has 1 aliphatic rings. The molecule has 3 aromatic carbocycles. The number of esters is 1. The van der Waals surface area contributed by atoms with Gasteiger partial charge >= 0.3 is 5.97 Å². The van der Waals surface area contributed by atoms with E-state index < -0.39 is 5.97 Å². The van der Waals surface area contributed by atoms with Crippen LogP contribution in [0.3, 0.4) is 0 Å². The van der Waals surface area contributed by atoms with Crippen LogP contribution in [0.15, 0.2) is 73.3 Å². The predicted octanol–water partition coefficient (Wildman–Crippen LogP) is 4.61. The molecule has 4 rings (SSSR count). The Morgan fingerprint density at radius 1 is 0.897 bits per heavy atom. The van der Waals surface area contributed by atoms with Crippen LogP contribution in [0.25, 0.3) is 0 Å². The minimum Gasteiger partial charge on any atom is -0.423 e. The van der Waals surface area contributed by atoms with E-state index in [1.54, 1.807) is 30.3 Å². The van der Waals surface area contributed by atoms with E-state index in [2.05, 4.69) is 11.9 Å². The Bertz CT molecular complexity index is 1180. The van der Waals surface area contributed by atoms with Gasteiger partial charge in [0.1, 0.15) is 5.75 Å². The monoisotopic (exact) mass is 383 g/mol. The van der Waals surface area contributed by atoms with Crippen LogP contribution < -0.4 is 10.1 Å². The Kier molecular flexibility index (Phi) is 4.56. The molecule has 0 aromatic heterocycles. The molecule has 1 aliphatic carbocycles. The summed E-state index contributed by atoms with van der Waals surface area (Å²) in [5.41, 5.74) is 3.20. The van der Waals surface area contributed by atoms with Crippen molar-refractivity contribution in [3.63, 3.8) is 0 Å². The van der Waals surface area contributed by atoms with Crippen LogP contribution in [0.5, 0.6) is 5.75 Å². The normalized spacial score (nSPS) is 12.0. The summed E-state index contributed by atoms with van der Waals surface area (Å²) in [6.07, 6.45) is 1.01. The third kappa shape index (κ3) is 3.23. The molecule has 0 saturated heterocycles. The highest BCUT2D eigenvalue weighted by Gasteiger charge is 2.34. The van der Waals surface area contributed by atoms with Crippen LogP contribution in [-0.4, -0.2) is 17.5 Å². The van der Waals surface area contributed by atoms with Crippen molar-refractivity contribution in [2.75, 3.05) is 5.32 Å². The van der Waals surface area contributed by atoms with E-state index in [0.717, 1.165) is 17.3 Å². The van der Waals surface area contributed by atoms with Gasteiger partial charge in [-0.05, 0) is 31.2 Å². The number of hydrogen-bond donors (Lipinski definition) is 1. The highest BCUT2D eigenvalue weighted by molar-refractivity contribution is 6.31. The lowest BCUT2D eigenvalue weighted by atomic mass is 9.82. The van der Waals surface area contributed by atoms with E-state index in [0.29, 0.717) is 11.3 Å². The van der Waals surface area contributed by atoms with Crippen LogP contribution in [-0.2, 0) is 4.79 Å². The summed E-state index contributed by atoms with van der Waals surface area (Å²) >= 11 is 0. The number of ketones is 2. The average molecular weight is 383 g/mol. The van der Waals surface area contributed by atoms with E-state index in [9.17, 15) is 14.4 Å². The van der Waals surface area contributed by atoms with Crippen molar-refractivity contribution in [2.24, 2.45) is 0 Å². The second-order valence-electron chi connectivity index (χ2n) is 6.68. The van der Waals surface area contributed by atoms with Gasteiger partial charge in [0.25, 0.3) is 0 Å². The van der Waals surface area contributed by atoms with E-state index >= 15 is 0 Å². The fraction of sp³-hybridized carbons (Fsp3) is 0.0417. The molecule has 0 radical (unpaired) electrons. The van der Waals surface area contributed by atoms with Gasteiger partial charge < -0.3 is 10.1 Å². The van der Waals surface area contributed by atoms with E-state index in [-0.39, 0.29) is 34.0 Å². The maximum Gasteiger partial charge on any atom is 0.335 e. The van der Waals surface area contributed by atoms with Crippen molar-refractivity contribution in [1.29, 1.82) is 0 Å². The predicted molar refractivity (Wildman–Crippen MR) is 110 cm³/mol. The standard InChI is InChI=1S/C24H17NO4/c1-3-20(26)29-19-13-12-18(25-15-10-8-14(2)9-11-15)21-22(19)24(28)17-7-5-4-6-16(17)23(21)27/h3-13,25H,1H2,2H3. The zero-order valence-electron chi connectivity index (χ0n) is 15.7. The molecule has 0 aliphatic heterocycles. The molecule has 142 valence electrons. The summed E-state index contributed by atoms with van der Waals surface area (Å²) < 4.78 is 5.26. The van der Waals surface area contributed by atoms with Gasteiger partial charge in [0.15, 0.2) is 11.6 Å². The molecular formula is C24H17NO4. The molecule has 5 nitrogen and oxygen atoms in total. The number of carbonyl (C=O) groups is 3. The van der Waals surface area contributed by atoms with Gasteiger partial charge in [-0.2, -0.15) is 0 Å². The summed E-state index contributed by atoms with van der Waals surface area (Å²) in [6, 6.07) is 17.4. The Morgan fingerprint density at radius 3 is 2.14 bits per heavy atom. The van der Waals surface area contributed by atoms with Crippen LogP contribution >= 0.6 is 0 Å². The van der Waals surface area contributed by atoms with Crippen LogP contribution in [0.4, 0.5) is 11.4 Å². The van der Waals surface area contributed by atoms with E-state index in [1.807, 2.05) is 31.2 Å². The molecule has 0 unspecified atom stereocenters. The van der Waals surface area contributed by atoms with Crippen molar-refractivity contribution < 1.29 is 19.1 Å². The van der Waals surface area contributed by atoms with Gasteiger partial charge in [0.2, 0.25) is 0 Å². The highest BCUT2D eigenvalue weighted by atomic mass is 16.5. The van der Waals surface area contributed by atoms with Crippen LogP contribution in [0.2, 0.25) is 0 Å². The fourth-order valence-corrected chi connectivity index (χ4v) is 3.32. The Balaban J connectivity index is 1.90. The number of hydrogen-bond acceptors (Lipinski definition) is 5. The second kappa shape index (κ2) is 7.20. The third-order valence-electron chi connectivity index (χ3n) is 4.75. The van der Waals surface area contributed by atoms with Gasteiger partial charge in [-0.25, -0.2) is 4.79 Å². The van der Waals surface area contributed by atoms with Crippen LogP contribution in [0.1, 0.15) is 37.4 Å². The van der Waals surface area contributed by atoms with Gasteiger partial charge in [-0.3, -0.25) is 9.59 Å². The lowest BCUT2D eigenvalue weighted by Crippen LogP contribution is -2.23. The first kappa shape index (κ1) is 18.4. The summed E-state index contributed by atoms with van der Waals surface area (Å²) in [5, 5.41) is 3.20. The molecular weight excluding hydrogens is 366 g/mol. The first-order chi connectivity index (χ1) is 14.0. The third-order valence-corrected chi connectivity index (χ3v) is 4.75. The lowest BCUT2D eigenvalue weighted by molar-refractivity contribution is -0.128. The Hall–Kier alpha value is -3.99. The van der Waals surface area contributed by atoms with Crippen molar-refractivity contribution in [3.05, 3.63) is 101 Å². The van der Waals surface area contributed by atoms with Gasteiger partial charge in [0.05, 0.1) is 16.8 Å². The van der Waals surface area contributed by atoms with Crippen molar-refractivity contribution >= 4 is 28.9 Å². The van der Waals surface area contributed by atoms with Crippen LogP contribution in [0, 0.1) is 6.92 Å². The maximum atomic E-state index is 13.3. The van der Waals surface area contributed by atoms with Crippen molar-refractivity contribution in [3.8, 4) is 5.75 Å². The Morgan fingerprint density at radius 2 is 1.52 bits per heavy atom. The lowest BCUT2D eigenvalue weighted by Gasteiger charge is -2.22. The quantitative estimate of drug-likeness (QED) is 0.317. The molecule has 3 aromatic rings. The first-order valence-corrected chi connectivity index (χ1v) is 9.03. The van der Waals surface area contributed by atoms with Crippen molar-refractivity contribution in [2.45, 2.75) is 6.92 Å². The number of anilines is 2. The zero-order valence-corrected chi connectivity index (χ0v) is 15.7. The topological polar surface area (TPSA) is 72.5 Å². The summed E-state index contributed by atoms with van der Waals surface area (Å²) in [6.45, 7) is 5.36. The molecule has 1 N–H and O–H groups in total.